The normalized spacial score (nSPS) is 13.2. The molecular formula is C18H30F3IN4O. The Labute approximate surface area is 176 Å². The smallest absolute Gasteiger partial charge is 0.396 e. The molecule has 156 valence electrons. The Hall–Kier alpha value is -1.07. The number of hydrogen-bond donors (Lipinski definition) is 3. The van der Waals surface area contributed by atoms with E-state index in [0.29, 0.717) is 38.6 Å². The van der Waals surface area contributed by atoms with Gasteiger partial charge in [-0.2, -0.15) is 13.2 Å². The maximum Gasteiger partial charge on any atom is 0.401 e. The molecule has 1 atom stereocenters. The van der Waals surface area contributed by atoms with Crippen LogP contribution in [0, 0.1) is 0 Å². The number of aliphatic hydroxyl groups is 1. The molecule has 9 heteroatoms. The first kappa shape index (κ1) is 25.9. The summed E-state index contributed by atoms with van der Waals surface area (Å²) in [6.07, 6.45) is -3.60. The lowest BCUT2D eigenvalue weighted by Crippen LogP contribution is -2.39. The largest absolute Gasteiger partial charge is 0.401 e. The number of benzene rings is 1. The summed E-state index contributed by atoms with van der Waals surface area (Å²) < 4.78 is 36.9. The summed E-state index contributed by atoms with van der Waals surface area (Å²) >= 11 is 0. The van der Waals surface area contributed by atoms with Crippen molar-refractivity contribution in [1.29, 1.82) is 0 Å². The van der Waals surface area contributed by atoms with Crippen molar-refractivity contribution in [3.8, 4) is 0 Å². The molecule has 0 radical (unpaired) electrons. The molecule has 0 aromatic heterocycles. The SMILES string of the molecule is CCNC(=NCC(CO)c1ccccc1)NCCCN(C)CC(F)(F)F.I. The first-order chi connectivity index (χ1) is 12.4. The molecule has 3 N–H and O–H groups in total. The molecule has 0 saturated heterocycles. The molecule has 0 aliphatic carbocycles. The predicted octanol–water partition coefficient (Wildman–Crippen LogP) is 2.82. The van der Waals surface area contributed by atoms with E-state index in [2.05, 4.69) is 15.6 Å². The first-order valence-corrected chi connectivity index (χ1v) is 8.79. The minimum Gasteiger partial charge on any atom is -0.396 e. The second kappa shape index (κ2) is 14.0. The maximum atomic E-state index is 12.3. The Balaban J connectivity index is 0.00000676. The molecule has 0 saturated carbocycles. The number of halogens is 4. The summed E-state index contributed by atoms with van der Waals surface area (Å²) in [4.78, 5) is 5.73. The second-order valence-corrected chi connectivity index (χ2v) is 6.14. The van der Waals surface area contributed by atoms with Gasteiger partial charge in [-0.05, 0) is 32.5 Å². The summed E-state index contributed by atoms with van der Waals surface area (Å²) in [6, 6.07) is 9.66. The van der Waals surface area contributed by atoms with Gasteiger partial charge in [0, 0.05) is 19.0 Å². The number of aliphatic hydroxyl groups excluding tert-OH is 1. The van der Waals surface area contributed by atoms with E-state index >= 15 is 0 Å². The van der Waals surface area contributed by atoms with E-state index in [1.165, 1.54) is 11.9 Å². The van der Waals surface area contributed by atoms with Gasteiger partial charge < -0.3 is 15.7 Å². The number of hydrogen-bond acceptors (Lipinski definition) is 3. The molecule has 0 aliphatic heterocycles. The molecule has 1 rings (SSSR count). The predicted molar refractivity (Wildman–Crippen MR) is 114 cm³/mol. The fourth-order valence-corrected chi connectivity index (χ4v) is 2.48. The molecule has 1 aromatic carbocycles. The average molecular weight is 502 g/mol. The van der Waals surface area contributed by atoms with Gasteiger partial charge in [0.05, 0.1) is 19.7 Å². The van der Waals surface area contributed by atoms with E-state index < -0.39 is 12.7 Å². The summed E-state index contributed by atoms with van der Waals surface area (Å²) in [5, 5.41) is 15.8. The van der Waals surface area contributed by atoms with Crippen molar-refractivity contribution in [3.05, 3.63) is 35.9 Å². The average Bonchev–Trinajstić information content (AvgIpc) is 2.58. The highest BCUT2D eigenvalue weighted by atomic mass is 127. The second-order valence-electron chi connectivity index (χ2n) is 6.14. The van der Waals surface area contributed by atoms with E-state index in [1.807, 2.05) is 37.3 Å². The van der Waals surface area contributed by atoms with Crippen LogP contribution in [0.4, 0.5) is 13.2 Å². The monoisotopic (exact) mass is 502 g/mol. The number of rotatable bonds is 10. The Morgan fingerprint density at radius 1 is 1.22 bits per heavy atom. The zero-order valence-electron chi connectivity index (χ0n) is 15.8. The van der Waals surface area contributed by atoms with E-state index in [1.54, 1.807) is 0 Å². The van der Waals surface area contributed by atoms with E-state index in [0.717, 1.165) is 5.56 Å². The van der Waals surface area contributed by atoms with Gasteiger partial charge in [0.15, 0.2) is 5.96 Å². The minimum atomic E-state index is -4.17. The lowest BCUT2D eigenvalue weighted by molar-refractivity contribution is -0.143. The number of alkyl halides is 3. The molecule has 27 heavy (non-hydrogen) atoms. The van der Waals surface area contributed by atoms with E-state index in [4.69, 9.17) is 0 Å². The van der Waals surface area contributed by atoms with Crippen molar-refractivity contribution in [3.63, 3.8) is 0 Å². The van der Waals surface area contributed by atoms with Crippen molar-refractivity contribution in [2.75, 3.05) is 46.4 Å². The maximum absolute atomic E-state index is 12.3. The van der Waals surface area contributed by atoms with Gasteiger partial charge >= 0.3 is 6.18 Å². The standard InChI is InChI=1S/C18H29F3N4O.HI/c1-3-22-17(23-10-7-11-25(2)14-18(19,20)21)24-12-16(13-26)15-8-5-4-6-9-15;/h4-6,8-9,16,26H,3,7,10-14H2,1-2H3,(H2,22,23,24);1H. The third-order valence-electron chi connectivity index (χ3n) is 3.76. The van der Waals surface area contributed by atoms with Gasteiger partial charge in [0.2, 0.25) is 0 Å². The fourth-order valence-electron chi connectivity index (χ4n) is 2.48. The third kappa shape index (κ3) is 12.1. The topological polar surface area (TPSA) is 59.9 Å². The highest BCUT2D eigenvalue weighted by Gasteiger charge is 2.28. The van der Waals surface area contributed by atoms with Crippen LogP contribution in [-0.4, -0.2) is 68.5 Å². The molecule has 5 nitrogen and oxygen atoms in total. The molecule has 0 fully saturated rings. The zero-order valence-corrected chi connectivity index (χ0v) is 18.1. The number of nitrogens with zero attached hydrogens (tertiary/aromatic N) is 2. The fraction of sp³-hybridized carbons (Fsp3) is 0.611. The van der Waals surface area contributed by atoms with Crippen molar-refractivity contribution in [2.45, 2.75) is 25.4 Å². The van der Waals surface area contributed by atoms with Crippen molar-refractivity contribution >= 4 is 29.9 Å². The van der Waals surface area contributed by atoms with Crippen LogP contribution in [-0.2, 0) is 0 Å². The molecular weight excluding hydrogens is 472 g/mol. The van der Waals surface area contributed by atoms with Crippen LogP contribution in [0.1, 0.15) is 24.8 Å². The quantitative estimate of drug-likeness (QED) is 0.200. The lowest BCUT2D eigenvalue weighted by Gasteiger charge is -2.19. The Morgan fingerprint density at radius 3 is 2.44 bits per heavy atom. The molecule has 0 aliphatic rings. The van der Waals surface area contributed by atoms with Crippen LogP contribution in [0.5, 0.6) is 0 Å². The molecule has 0 spiro atoms. The van der Waals surface area contributed by atoms with E-state index in [9.17, 15) is 18.3 Å². The van der Waals surface area contributed by atoms with Crippen LogP contribution < -0.4 is 10.6 Å². The van der Waals surface area contributed by atoms with Crippen LogP contribution in [0.15, 0.2) is 35.3 Å². The van der Waals surface area contributed by atoms with Crippen molar-refractivity contribution in [2.24, 2.45) is 4.99 Å². The van der Waals surface area contributed by atoms with Crippen LogP contribution in [0.2, 0.25) is 0 Å². The molecule has 0 amide bonds. The number of aliphatic imine (C=N–C) groups is 1. The van der Waals surface area contributed by atoms with Crippen molar-refractivity contribution in [1.82, 2.24) is 15.5 Å². The molecule has 1 aromatic rings. The lowest BCUT2D eigenvalue weighted by atomic mass is 10.0. The van der Waals surface area contributed by atoms with E-state index in [-0.39, 0.29) is 36.5 Å². The van der Waals surface area contributed by atoms with Gasteiger partial charge in [0.1, 0.15) is 0 Å². The third-order valence-corrected chi connectivity index (χ3v) is 3.76. The summed E-state index contributed by atoms with van der Waals surface area (Å²) in [7, 11) is 1.46. The summed E-state index contributed by atoms with van der Waals surface area (Å²) in [6.45, 7) is 2.98. The van der Waals surface area contributed by atoms with Gasteiger partial charge in [0.25, 0.3) is 0 Å². The Morgan fingerprint density at radius 2 is 1.89 bits per heavy atom. The van der Waals surface area contributed by atoms with Crippen LogP contribution in [0.25, 0.3) is 0 Å². The highest BCUT2D eigenvalue weighted by molar-refractivity contribution is 14.0. The Bertz CT molecular complexity index is 529. The number of guanidine groups is 1. The molecule has 1 unspecified atom stereocenters. The minimum absolute atomic E-state index is 0. The molecule has 0 bridgehead atoms. The van der Waals surface area contributed by atoms with Gasteiger partial charge in [-0.3, -0.25) is 9.89 Å². The summed E-state index contributed by atoms with van der Waals surface area (Å²) in [5.41, 5.74) is 1.02. The first-order valence-electron chi connectivity index (χ1n) is 8.79. The van der Waals surface area contributed by atoms with Gasteiger partial charge in [-0.25, -0.2) is 0 Å². The van der Waals surface area contributed by atoms with Gasteiger partial charge in [-0.1, -0.05) is 30.3 Å². The Kier molecular flexibility index (Phi) is 13.4. The summed E-state index contributed by atoms with van der Waals surface area (Å²) in [5.74, 6) is 0.505. The highest BCUT2D eigenvalue weighted by Crippen LogP contribution is 2.16. The van der Waals surface area contributed by atoms with Gasteiger partial charge in [-0.15, -0.1) is 24.0 Å². The molecule has 0 heterocycles. The van der Waals surface area contributed by atoms with Crippen LogP contribution >= 0.6 is 24.0 Å². The van der Waals surface area contributed by atoms with Crippen LogP contribution in [0.3, 0.4) is 0 Å². The van der Waals surface area contributed by atoms with Crippen molar-refractivity contribution < 1.29 is 18.3 Å². The number of nitrogens with one attached hydrogen (secondary N) is 2. The zero-order chi connectivity index (χ0) is 19.4.